The van der Waals surface area contributed by atoms with Crippen LogP contribution in [0.2, 0.25) is 0 Å². The van der Waals surface area contributed by atoms with E-state index in [-0.39, 0.29) is 5.69 Å². The second-order valence-electron chi connectivity index (χ2n) is 5.42. The average molecular weight is 299 g/mol. The van der Waals surface area contributed by atoms with Gasteiger partial charge in [-0.05, 0) is 30.4 Å². The molecule has 0 aliphatic heterocycles. The summed E-state index contributed by atoms with van der Waals surface area (Å²) in [6.45, 7) is 0.987. The van der Waals surface area contributed by atoms with Gasteiger partial charge < -0.3 is 9.47 Å². The fourth-order valence-corrected chi connectivity index (χ4v) is 2.07. The molecule has 0 aromatic heterocycles. The molecule has 0 bridgehead atoms. The van der Waals surface area contributed by atoms with E-state index in [9.17, 15) is 10.1 Å². The maximum Gasteiger partial charge on any atom is 0.273 e. The molecule has 1 fully saturated rings. The lowest BCUT2D eigenvalue weighted by molar-refractivity contribution is -0.385. The van der Waals surface area contributed by atoms with Crippen molar-refractivity contribution in [3.63, 3.8) is 0 Å². The first-order valence-corrected chi connectivity index (χ1v) is 7.30. The first kappa shape index (κ1) is 14.4. The molecule has 0 saturated heterocycles. The summed E-state index contributed by atoms with van der Waals surface area (Å²) in [5.74, 6) is 1.59. The second-order valence-corrected chi connectivity index (χ2v) is 5.42. The first-order valence-electron chi connectivity index (χ1n) is 7.30. The van der Waals surface area contributed by atoms with Crippen LogP contribution in [0.5, 0.6) is 11.5 Å². The number of benzene rings is 2. The Kier molecular flexibility index (Phi) is 4.23. The standard InChI is InChI=1S/C17H17NO4/c19-18(20)15-8-9-16(21-12-14-6-7-14)17(10-15)22-11-13-4-2-1-3-5-13/h1-5,8-10,14H,6-7,11-12H2. The molecule has 1 aliphatic carbocycles. The molecular weight excluding hydrogens is 282 g/mol. The third kappa shape index (κ3) is 3.75. The molecule has 2 aromatic rings. The van der Waals surface area contributed by atoms with Gasteiger partial charge in [0.15, 0.2) is 11.5 Å². The highest BCUT2D eigenvalue weighted by atomic mass is 16.6. The lowest BCUT2D eigenvalue weighted by Crippen LogP contribution is -2.03. The van der Waals surface area contributed by atoms with E-state index >= 15 is 0 Å². The van der Waals surface area contributed by atoms with Gasteiger partial charge in [0.1, 0.15) is 6.61 Å². The van der Waals surface area contributed by atoms with Gasteiger partial charge in [0.2, 0.25) is 0 Å². The molecule has 3 rings (SSSR count). The van der Waals surface area contributed by atoms with Crippen molar-refractivity contribution in [1.82, 2.24) is 0 Å². The van der Waals surface area contributed by atoms with E-state index in [0.29, 0.717) is 30.6 Å². The zero-order valence-electron chi connectivity index (χ0n) is 12.1. The molecule has 5 heteroatoms. The number of hydrogen-bond acceptors (Lipinski definition) is 4. The van der Waals surface area contributed by atoms with Crippen LogP contribution in [0.3, 0.4) is 0 Å². The van der Waals surface area contributed by atoms with Gasteiger partial charge in [0.25, 0.3) is 5.69 Å². The van der Waals surface area contributed by atoms with Crippen LogP contribution >= 0.6 is 0 Å². The summed E-state index contributed by atoms with van der Waals surface area (Å²) in [4.78, 5) is 10.5. The number of hydrogen-bond donors (Lipinski definition) is 0. The molecule has 0 amide bonds. The number of nitro benzene ring substituents is 1. The van der Waals surface area contributed by atoms with Crippen LogP contribution in [0, 0.1) is 16.0 Å². The maximum atomic E-state index is 10.9. The molecule has 0 atom stereocenters. The van der Waals surface area contributed by atoms with E-state index in [2.05, 4.69) is 0 Å². The van der Waals surface area contributed by atoms with E-state index in [1.807, 2.05) is 30.3 Å². The van der Waals surface area contributed by atoms with Gasteiger partial charge in [-0.2, -0.15) is 0 Å². The van der Waals surface area contributed by atoms with Crippen molar-refractivity contribution >= 4 is 5.69 Å². The summed E-state index contributed by atoms with van der Waals surface area (Å²) in [5, 5.41) is 10.9. The Morgan fingerprint density at radius 3 is 2.50 bits per heavy atom. The summed E-state index contributed by atoms with van der Waals surface area (Å²) in [6, 6.07) is 14.2. The zero-order chi connectivity index (χ0) is 15.4. The van der Waals surface area contributed by atoms with Crippen molar-refractivity contribution in [2.45, 2.75) is 19.4 Å². The summed E-state index contributed by atoms with van der Waals surface area (Å²) in [6.07, 6.45) is 2.38. The predicted molar refractivity (Wildman–Crippen MR) is 82.1 cm³/mol. The molecule has 5 nitrogen and oxygen atoms in total. The SMILES string of the molecule is O=[N+]([O-])c1ccc(OCC2CC2)c(OCc2ccccc2)c1. The van der Waals surface area contributed by atoms with Crippen molar-refractivity contribution in [3.05, 3.63) is 64.2 Å². The number of non-ortho nitro benzene ring substituents is 1. The molecule has 2 aromatic carbocycles. The Morgan fingerprint density at radius 1 is 1.05 bits per heavy atom. The Balaban J connectivity index is 1.74. The number of rotatable bonds is 7. The Bertz CT molecular complexity index is 653. The van der Waals surface area contributed by atoms with E-state index < -0.39 is 4.92 Å². The molecule has 0 spiro atoms. The van der Waals surface area contributed by atoms with Gasteiger partial charge in [-0.25, -0.2) is 0 Å². The van der Waals surface area contributed by atoms with Crippen molar-refractivity contribution in [2.75, 3.05) is 6.61 Å². The fourth-order valence-electron chi connectivity index (χ4n) is 2.07. The van der Waals surface area contributed by atoms with Gasteiger partial charge in [-0.1, -0.05) is 30.3 Å². The molecule has 0 radical (unpaired) electrons. The number of nitro groups is 1. The molecule has 114 valence electrons. The average Bonchev–Trinajstić information content (AvgIpc) is 3.36. The lowest BCUT2D eigenvalue weighted by atomic mass is 10.2. The molecule has 1 saturated carbocycles. The van der Waals surface area contributed by atoms with Gasteiger partial charge >= 0.3 is 0 Å². The highest BCUT2D eigenvalue weighted by molar-refractivity contribution is 5.48. The van der Waals surface area contributed by atoms with Crippen molar-refractivity contribution in [2.24, 2.45) is 5.92 Å². The predicted octanol–water partition coefficient (Wildman–Crippen LogP) is 3.96. The second kappa shape index (κ2) is 6.47. The zero-order valence-corrected chi connectivity index (χ0v) is 12.1. The van der Waals surface area contributed by atoms with Crippen molar-refractivity contribution < 1.29 is 14.4 Å². The molecule has 0 unspecified atom stereocenters. The minimum Gasteiger partial charge on any atom is -0.489 e. The molecule has 22 heavy (non-hydrogen) atoms. The topological polar surface area (TPSA) is 61.6 Å². The molecule has 1 aliphatic rings. The molecule has 0 heterocycles. The lowest BCUT2D eigenvalue weighted by Gasteiger charge is -2.12. The van der Waals surface area contributed by atoms with Crippen molar-refractivity contribution in [3.8, 4) is 11.5 Å². The normalized spacial score (nSPS) is 13.6. The summed E-state index contributed by atoms with van der Waals surface area (Å²) < 4.78 is 11.5. The van der Waals surface area contributed by atoms with Crippen LogP contribution in [0.1, 0.15) is 18.4 Å². The quantitative estimate of drug-likeness (QED) is 0.573. The van der Waals surface area contributed by atoms with Crippen molar-refractivity contribution in [1.29, 1.82) is 0 Å². The Morgan fingerprint density at radius 2 is 1.82 bits per heavy atom. The third-order valence-corrected chi connectivity index (χ3v) is 3.55. The van der Waals surface area contributed by atoms with E-state index in [0.717, 1.165) is 5.56 Å². The van der Waals surface area contributed by atoms with Crippen LogP contribution in [0.25, 0.3) is 0 Å². The van der Waals surface area contributed by atoms with Gasteiger partial charge in [-0.3, -0.25) is 10.1 Å². The highest BCUT2D eigenvalue weighted by Gasteiger charge is 2.23. The van der Waals surface area contributed by atoms with Crippen LogP contribution in [-0.2, 0) is 6.61 Å². The molecular formula is C17H17NO4. The summed E-state index contributed by atoms with van der Waals surface area (Å²) in [5.41, 5.74) is 1.00. The smallest absolute Gasteiger partial charge is 0.273 e. The summed E-state index contributed by atoms with van der Waals surface area (Å²) >= 11 is 0. The van der Waals surface area contributed by atoms with Gasteiger partial charge in [0.05, 0.1) is 17.6 Å². The van der Waals surface area contributed by atoms with Gasteiger partial charge in [-0.15, -0.1) is 0 Å². The fraction of sp³-hybridized carbons (Fsp3) is 0.294. The van der Waals surface area contributed by atoms with Crippen LogP contribution in [0.15, 0.2) is 48.5 Å². The Hall–Kier alpha value is -2.56. The first-order chi connectivity index (χ1) is 10.7. The minimum atomic E-state index is -0.431. The van der Waals surface area contributed by atoms with Crippen LogP contribution in [0.4, 0.5) is 5.69 Å². The number of ether oxygens (including phenoxy) is 2. The third-order valence-electron chi connectivity index (χ3n) is 3.55. The van der Waals surface area contributed by atoms with E-state index in [1.165, 1.54) is 25.0 Å². The van der Waals surface area contributed by atoms with E-state index in [4.69, 9.17) is 9.47 Å². The number of nitrogens with zero attached hydrogens (tertiary/aromatic N) is 1. The van der Waals surface area contributed by atoms with Crippen LogP contribution in [-0.4, -0.2) is 11.5 Å². The largest absolute Gasteiger partial charge is 0.489 e. The van der Waals surface area contributed by atoms with E-state index in [1.54, 1.807) is 6.07 Å². The Labute approximate surface area is 128 Å². The highest BCUT2D eigenvalue weighted by Crippen LogP contribution is 2.35. The summed E-state index contributed by atoms with van der Waals surface area (Å²) in [7, 11) is 0. The maximum absolute atomic E-state index is 10.9. The minimum absolute atomic E-state index is 0.00170. The monoisotopic (exact) mass is 299 g/mol. The van der Waals surface area contributed by atoms with Gasteiger partial charge in [0, 0.05) is 6.07 Å². The van der Waals surface area contributed by atoms with Crippen LogP contribution < -0.4 is 9.47 Å². The molecule has 0 N–H and O–H groups in total.